The fourth-order valence-electron chi connectivity index (χ4n) is 7.06. The van der Waals surface area contributed by atoms with Gasteiger partial charge in [0.25, 0.3) is 20.2 Å². The molecule has 0 radical (unpaired) electrons. The second-order valence-electron chi connectivity index (χ2n) is 13.2. The lowest BCUT2D eigenvalue weighted by atomic mass is 10.1. The maximum atomic E-state index is 13.3. The van der Waals surface area contributed by atoms with E-state index in [0.717, 1.165) is 6.42 Å². The topological polar surface area (TPSA) is 261 Å². The summed E-state index contributed by atoms with van der Waals surface area (Å²) in [4.78, 5) is 28.6. The number of benzene rings is 4. The smallest absolute Gasteiger partial charge is 0.324 e. The van der Waals surface area contributed by atoms with Crippen molar-refractivity contribution in [3.8, 4) is 57.4 Å². The lowest BCUT2D eigenvalue weighted by Gasteiger charge is -2.09. The molecule has 0 fully saturated rings. The summed E-state index contributed by atoms with van der Waals surface area (Å²) < 4.78 is 112. The van der Waals surface area contributed by atoms with Gasteiger partial charge in [-0.25, -0.2) is 29.9 Å². The van der Waals surface area contributed by atoms with Gasteiger partial charge in [-0.2, -0.15) is 29.2 Å². The molecule has 0 amide bonds. The second kappa shape index (κ2) is 13.3. The van der Waals surface area contributed by atoms with E-state index in [1.807, 2.05) is 6.92 Å². The van der Waals surface area contributed by atoms with Crippen molar-refractivity contribution >= 4 is 74.7 Å². The van der Waals surface area contributed by atoms with Crippen molar-refractivity contribution in [2.45, 2.75) is 36.0 Å². The van der Waals surface area contributed by atoms with Gasteiger partial charge in [-0.3, -0.25) is 13.7 Å². The molecular formula is C38H26N8O9S3. The first kappa shape index (κ1) is 37.1. The van der Waals surface area contributed by atoms with E-state index < -0.39 is 51.3 Å². The average molecular weight is 835 g/mol. The molecule has 4 N–H and O–H groups in total. The van der Waals surface area contributed by atoms with Crippen LogP contribution in [-0.2, 0) is 30.5 Å². The summed E-state index contributed by atoms with van der Waals surface area (Å²) in [6.45, 7) is 1.92. The van der Waals surface area contributed by atoms with Crippen molar-refractivity contribution in [1.29, 1.82) is 0 Å². The van der Waals surface area contributed by atoms with Crippen LogP contribution in [0.25, 0.3) is 89.7 Å². The van der Waals surface area contributed by atoms with Crippen LogP contribution in [0.15, 0.2) is 88.7 Å². The van der Waals surface area contributed by atoms with Crippen LogP contribution >= 0.6 is 0 Å². The summed E-state index contributed by atoms with van der Waals surface area (Å²) in [5.41, 5.74) is 0.100. The number of hydrogen-bond donors (Lipinski definition) is 4. The van der Waals surface area contributed by atoms with Crippen LogP contribution in [-0.4, -0.2) is 77.8 Å². The Morgan fingerprint density at radius 2 is 1.07 bits per heavy atom. The van der Waals surface area contributed by atoms with E-state index in [1.165, 1.54) is 6.07 Å². The Balaban J connectivity index is 1.57. The Kier molecular flexibility index (Phi) is 8.52. The number of nitrogens with one attached hydrogen (secondary N) is 1. The van der Waals surface area contributed by atoms with E-state index in [0.29, 0.717) is 44.5 Å². The first-order chi connectivity index (χ1) is 27.6. The van der Waals surface area contributed by atoms with Gasteiger partial charge in [0.15, 0.2) is 34.6 Å². The largest absolute Gasteiger partial charge is 0.366 e. The molecule has 3 aromatic heterocycles. The summed E-state index contributed by atoms with van der Waals surface area (Å²) in [6, 6.07) is 21.0. The normalized spacial score (nSPS) is 12.6. The zero-order valence-electron chi connectivity index (χ0n) is 29.8. The van der Waals surface area contributed by atoms with Crippen molar-refractivity contribution in [1.82, 2.24) is 38.9 Å². The Hall–Kier alpha value is -6.47. The standard InChI is InChI=1S/C38H26N8O9S3/c1-2-3-4-5-12-20-19-27-28(30(57(50,51)52)29(20)56(47,48)49)36-42-32-22-14-7-9-16-24(22)34(40-32)45-38-26-18-11-10-17-25(26)37(46(38)58(53,54)55)44-33-23-15-8-6-13-21(23)31(39-33)41-35(27)43-36/h6-11,13-19H,2-4H2,1H3,(H,47,48,49)(H,50,51,52)(H,53,54,55)(H,39,40,41,42,43,44,45). The van der Waals surface area contributed by atoms with Crippen LogP contribution < -0.4 is 0 Å². The minimum atomic E-state index is -5.49. The summed E-state index contributed by atoms with van der Waals surface area (Å²) >= 11 is 0. The predicted molar refractivity (Wildman–Crippen MR) is 213 cm³/mol. The number of aromatic nitrogens is 8. The first-order valence-electron chi connectivity index (χ1n) is 17.4. The lowest BCUT2D eigenvalue weighted by molar-refractivity contribution is 0.467. The van der Waals surface area contributed by atoms with Crippen LogP contribution in [0.5, 0.6) is 0 Å². The highest BCUT2D eigenvalue weighted by Crippen LogP contribution is 2.40. The highest BCUT2D eigenvalue weighted by molar-refractivity contribution is 7.89. The zero-order valence-corrected chi connectivity index (χ0v) is 32.2. The molecule has 2 aliphatic heterocycles. The molecule has 8 bridgehead atoms. The van der Waals surface area contributed by atoms with Gasteiger partial charge in [0.1, 0.15) is 21.1 Å². The summed E-state index contributed by atoms with van der Waals surface area (Å²) in [7, 11) is -16.0. The van der Waals surface area contributed by atoms with E-state index in [4.69, 9.17) is 4.98 Å². The number of hydrogen-bond acceptors (Lipinski definition) is 12. The fraction of sp³-hybridized carbons (Fsp3) is 0.105. The summed E-state index contributed by atoms with van der Waals surface area (Å²) in [6.07, 6.45) is 1.70. The molecule has 0 saturated heterocycles. The van der Waals surface area contributed by atoms with Gasteiger partial charge in [0, 0.05) is 50.4 Å². The maximum Gasteiger partial charge on any atom is 0.366 e. The van der Waals surface area contributed by atoms with E-state index in [2.05, 4.69) is 41.7 Å². The van der Waals surface area contributed by atoms with Gasteiger partial charge in [-0.1, -0.05) is 98.0 Å². The molecule has 0 atom stereocenters. The number of aromatic amines is 1. The van der Waals surface area contributed by atoms with Crippen LogP contribution in [0, 0.1) is 11.8 Å². The number of unbranched alkanes of at least 4 members (excludes halogenated alkanes) is 2. The molecule has 9 rings (SSSR count). The highest BCUT2D eigenvalue weighted by Gasteiger charge is 2.33. The van der Waals surface area contributed by atoms with Gasteiger partial charge in [-0.05, 0) is 12.5 Å². The van der Waals surface area contributed by atoms with Gasteiger partial charge in [0.2, 0.25) is 0 Å². The Labute approximate surface area is 329 Å². The molecule has 0 unspecified atom stereocenters. The summed E-state index contributed by atoms with van der Waals surface area (Å²) in [5, 5.41) is 0.0242. The maximum absolute atomic E-state index is 13.3. The molecule has 7 aromatic rings. The number of nitrogens with zero attached hydrogens (tertiary/aromatic N) is 7. The quantitative estimate of drug-likeness (QED) is 0.0877. The van der Waals surface area contributed by atoms with Crippen molar-refractivity contribution < 1.29 is 38.9 Å². The van der Waals surface area contributed by atoms with E-state index in [9.17, 15) is 38.9 Å². The number of rotatable bonds is 5. The lowest BCUT2D eigenvalue weighted by Crippen LogP contribution is -2.11. The van der Waals surface area contributed by atoms with E-state index in [1.54, 1.807) is 72.8 Å². The number of fused-ring (bicyclic) bond motifs is 20. The monoisotopic (exact) mass is 834 g/mol. The Morgan fingerprint density at radius 1 is 0.603 bits per heavy atom. The molecule has 2 aliphatic rings. The third kappa shape index (κ3) is 6.08. The minimum Gasteiger partial charge on any atom is -0.324 e. The molecule has 17 nitrogen and oxygen atoms in total. The SMILES string of the molecule is CCCCC#Cc1cc2c3nc4nc(nc5c6ccccc6c(nc6nc(nc([nH]3)c2c(S(=O)(=O)O)c1S(=O)(=O)O)-c1ccccc1-6)n5S(=O)(=O)O)-c1ccccc1-4. The zero-order chi connectivity index (χ0) is 40.7. The van der Waals surface area contributed by atoms with Crippen molar-refractivity contribution in [3.05, 3.63) is 84.4 Å². The molecular weight excluding hydrogens is 809 g/mol. The minimum absolute atomic E-state index is 0.00247. The van der Waals surface area contributed by atoms with Crippen LogP contribution in [0.4, 0.5) is 0 Å². The number of H-pyrrole nitrogens is 1. The van der Waals surface area contributed by atoms with Crippen molar-refractivity contribution in [2.75, 3.05) is 0 Å². The van der Waals surface area contributed by atoms with Gasteiger partial charge in [-0.15, -0.1) is 0 Å². The van der Waals surface area contributed by atoms with Gasteiger partial charge < -0.3 is 4.98 Å². The highest BCUT2D eigenvalue weighted by atomic mass is 32.2. The molecule has 20 heteroatoms. The summed E-state index contributed by atoms with van der Waals surface area (Å²) in [5.74, 6) is 5.27. The molecule has 4 aromatic carbocycles. The predicted octanol–water partition coefficient (Wildman–Crippen LogP) is 6.03. The molecule has 58 heavy (non-hydrogen) atoms. The van der Waals surface area contributed by atoms with Crippen molar-refractivity contribution in [2.24, 2.45) is 0 Å². The Morgan fingerprint density at radius 3 is 1.53 bits per heavy atom. The molecule has 290 valence electrons. The van der Waals surface area contributed by atoms with E-state index >= 15 is 0 Å². The molecule has 0 aliphatic carbocycles. The van der Waals surface area contributed by atoms with Crippen molar-refractivity contribution in [3.63, 3.8) is 0 Å². The first-order valence-corrected chi connectivity index (χ1v) is 21.7. The van der Waals surface area contributed by atoms with Gasteiger partial charge >= 0.3 is 10.3 Å². The third-order valence-corrected chi connectivity index (χ3v) is 12.3. The average Bonchev–Trinajstić information content (AvgIpc) is 3.89. The van der Waals surface area contributed by atoms with E-state index in [-0.39, 0.29) is 56.7 Å². The van der Waals surface area contributed by atoms with Gasteiger partial charge in [0.05, 0.1) is 5.39 Å². The van der Waals surface area contributed by atoms with Crippen LogP contribution in [0.3, 0.4) is 0 Å². The molecule has 5 heterocycles. The fourth-order valence-corrected chi connectivity index (χ4v) is 9.94. The second-order valence-corrected chi connectivity index (χ2v) is 17.2. The van der Waals surface area contributed by atoms with Crippen LogP contribution in [0.1, 0.15) is 31.7 Å². The third-order valence-electron chi connectivity index (χ3n) is 9.48. The van der Waals surface area contributed by atoms with Crippen LogP contribution in [0.2, 0.25) is 0 Å². The molecule has 0 saturated carbocycles. The Bertz CT molecular complexity index is 3560. The molecule has 0 spiro atoms.